The van der Waals surface area contributed by atoms with E-state index in [9.17, 15) is 4.79 Å². The third-order valence-corrected chi connectivity index (χ3v) is 4.65. The van der Waals surface area contributed by atoms with Crippen LogP contribution in [-0.4, -0.2) is 31.8 Å². The number of amides is 2. The van der Waals surface area contributed by atoms with E-state index in [1.807, 2.05) is 0 Å². The molecule has 0 unspecified atom stereocenters. The molecule has 1 fully saturated rings. The van der Waals surface area contributed by atoms with E-state index in [0.29, 0.717) is 19.0 Å². The Morgan fingerprint density at radius 3 is 2.84 bits per heavy atom. The van der Waals surface area contributed by atoms with Gasteiger partial charge in [-0.25, -0.2) is 4.79 Å². The second-order valence-corrected chi connectivity index (χ2v) is 6.04. The Balaban J connectivity index is 1.67. The number of thiophene rings is 1. The molecule has 1 aromatic rings. The smallest absolute Gasteiger partial charge is 0.314 e. The Kier molecular flexibility index (Phi) is 4.82. The van der Waals surface area contributed by atoms with E-state index < -0.39 is 0 Å². The van der Waals surface area contributed by atoms with Crippen molar-refractivity contribution in [1.29, 1.82) is 0 Å². The topological polar surface area (TPSA) is 50.4 Å². The highest BCUT2D eigenvalue weighted by molar-refractivity contribution is 7.07. The molecule has 2 N–H and O–H groups in total. The summed E-state index contributed by atoms with van der Waals surface area (Å²) in [6.45, 7) is 3.37. The predicted octanol–water partition coefficient (Wildman–Crippen LogP) is 2.72. The Hall–Kier alpha value is -1.07. The molecule has 0 aliphatic heterocycles. The maximum atomic E-state index is 11.7. The highest BCUT2D eigenvalue weighted by atomic mass is 32.1. The first-order chi connectivity index (χ1) is 9.15. The van der Waals surface area contributed by atoms with E-state index in [2.05, 4.69) is 34.4 Å². The van der Waals surface area contributed by atoms with Crippen LogP contribution in [0.2, 0.25) is 0 Å². The molecule has 0 aromatic carbocycles. The van der Waals surface area contributed by atoms with Gasteiger partial charge in [-0.3, -0.25) is 0 Å². The van der Waals surface area contributed by atoms with Crippen molar-refractivity contribution in [3.8, 4) is 0 Å². The molecular formula is C14H22N2O2S. The minimum Gasteiger partial charge on any atom is -0.376 e. The normalized spacial score (nSPS) is 18.4. The van der Waals surface area contributed by atoms with Crippen LogP contribution in [0.1, 0.15) is 37.7 Å². The molecular weight excluding hydrogens is 260 g/mol. The molecule has 1 aliphatic carbocycles. The molecule has 5 heteroatoms. The van der Waals surface area contributed by atoms with Gasteiger partial charge in [-0.05, 0) is 47.6 Å². The van der Waals surface area contributed by atoms with Gasteiger partial charge in [0, 0.05) is 20.2 Å². The van der Waals surface area contributed by atoms with E-state index in [-0.39, 0.29) is 11.6 Å². The van der Waals surface area contributed by atoms with E-state index in [1.54, 1.807) is 18.4 Å². The molecule has 19 heavy (non-hydrogen) atoms. The van der Waals surface area contributed by atoms with E-state index >= 15 is 0 Å². The molecule has 1 atom stereocenters. The molecule has 1 aliphatic rings. The molecule has 0 saturated heterocycles. The fraction of sp³-hybridized carbons (Fsp3) is 0.643. The number of rotatable bonds is 6. The summed E-state index contributed by atoms with van der Waals surface area (Å²) in [6, 6.07) is 1.99. The minimum absolute atomic E-state index is 0.106. The Labute approximate surface area is 118 Å². The van der Waals surface area contributed by atoms with E-state index in [0.717, 1.165) is 12.8 Å². The van der Waals surface area contributed by atoms with Crippen molar-refractivity contribution in [2.45, 2.75) is 37.7 Å². The zero-order valence-corrected chi connectivity index (χ0v) is 12.4. The number of hydrogen-bond acceptors (Lipinski definition) is 3. The van der Waals surface area contributed by atoms with Gasteiger partial charge in [0.2, 0.25) is 0 Å². The minimum atomic E-state index is -0.115. The number of ether oxygens (including phenoxy) is 1. The van der Waals surface area contributed by atoms with Gasteiger partial charge in [0.05, 0.1) is 5.60 Å². The van der Waals surface area contributed by atoms with Gasteiger partial charge in [0.15, 0.2) is 0 Å². The van der Waals surface area contributed by atoms with Crippen LogP contribution in [0.15, 0.2) is 16.8 Å². The summed E-state index contributed by atoms with van der Waals surface area (Å²) in [4.78, 5) is 11.7. The quantitative estimate of drug-likeness (QED) is 0.843. The van der Waals surface area contributed by atoms with E-state index in [1.165, 1.54) is 12.0 Å². The first kappa shape index (κ1) is 14.3. The van der Waals surface area contributed by atoms with Gasteiger partial charge >= 0.3 is 6.03 Å². The van der Waals surface area contributed by atoms with Crippen LogP contribution in [0.5, 0.6) is 0 Å². The predicted molar refractivity (Wildman–Crippen MR) is 77.7 cm³/mol. The summed E-state index contributed by atoms with van der Waals surface area (Å²) in [5.74, 6) is 0.345. The van der Waals surface area contributed by atoms with Gasteiger partial charge in [-0.15, -0.1) is 0 Å². The summed E-state index contributed by atoms with van der Waals surface area (Å²) in [5, 5.41) is 10.0. The molecule has 0 spiro atoms. The van der Waals surface area contributed by atoms with Crippen LogP contribution in [0.25, 0.3) is 0 Å². The number of carbonyl (C=O) groups excluding carboxylic acids is 1. The second-order valence-electron chi connectivity index (χ2n) is 5.26. The number of nitrogens with one attached hydrogen (secondary N) is 2. The first-order valence-electron chi connectivity index (χ1n) is 6.74. The van der Waals surface area contributed by atoms with Crippen molar-refractivity contribution in [3.63, 3.8) is 0 Å². The molecule has 1 saturated carbocycles. The second kappa shape index (κ2) is 6.39. The fourth-order valence-electron chi connectivity index (χ4n) is 2.25. The monoisotopic (exact) mass is 282 g/mol. The highest BCUT2D eigenvalue weighted by Crippen LogP contribution is 2.34. The lowest BCUT2D eigenvalue weighted by Gasteiger charge is -2.40. The van der Waals surface area contributed by atoms with Crippen LogP contribution in [0, 0.1) is 0 Å². The van der Waals surface area contributed by atoms with Gasteiger partial charge in [-0.1, -0.05) is 6.92 Å². The van der Waals surface area contributed by atoms with Crippen molar-refractivity contribution in [2.75, 3.05) is 20.2 Å². The van der Waals surface area contributed by atoms with Crippen molar-refractivity contribution in [3.05, 3.63) is 22.4 Å². The Bertz CT molecular complexity index is 396. The van der Waals surface area contributed by atoms with Crippen LogP contribution in [0.3, 0.4) is 0 Å². The fourth-order valence-corrected chi connectivity index (χ4v) is 3.03. The summed E-state index contributed by atoms with van der Waals surface area (Å²) in [7, 11) is 1.72. The number of urea groups is 1. The number of carbonyl (C=O) groups is 1. The summed E-state index contributed by atoms with van der Waals surface area (Å²) >= 11 is 1.68. The summed E-state index contributed by atoms with van der Waals surface area (Å²) in [5.41, 5.74) is 1.16. The summed E-state index contributed by atoms with van der Waals surface area (Å²) in [6.07, 6.45) is 3.26. The molecule has 106 valence electrons. The maximum absolute atomic E-state index is 11.7. The molecule has 2 amide bonds. The van der Waals surface area contributed by atoms with Crippen molar-refractivity contribution in [1.82, 2.24) is 10.6 Å². The van der Waals surface area contributed by atoms with E-state index in [4.69, 9.17) is 4.74 Å². The van der Waals surface area contributed by atoms with Crippen molar-refractivity contribution >= 4 is 17.4 Å². The van der Waals surface area contributed by atoms with Crippen LogP contribution in [0.4, 0.5) is 4.79 Å². The highest BCUT2D eigenvalue weighted by Gasteiger charge is 2.37. The molecule has 4 nitrogen and oxygen atoms in total. The van der Waals surface area contributed by atoms with Crippen molar-refractivity contribution < 1.29 is 9.53 Å². The van der Waals surface area contributed by atoms with Gasteiger partial charge < -0.3 is 15.4 Å². The van der Waals surface area contributed by atoms with Crippen LogP contribution >= 0.6 is 11.3 Å². The average molecular weight is 282 g/mol. The third kappa shape index (κ3) is 3.70. The van der Waals surface area contributed by atoms with Crippen LogP contribution < -0.4 is 10.6 Å². The van der Waals surface area contributed by atoms with Gasteiger partial charge in [0.1, 0.15) is 0 Å². The Morgan fingerprint density at radius 1 is 1.53 bits per heavy atom. The third-order valence-electron chi connectivity index (χ3n) is 3.95. The molecule has 0 bridgehead atoms. The SMILES string of the molecule is COC1(CNC(=O)NC[C@H](C)c2ccsc2)CCC1. The zero-order chi connectivity index (χ0) is 13.7. The first-order valence-corrected chi connectivity index (χ1v) is 7.68. The standard InChI is InChI=1S/C14H22N2O2S/c1-11(12-4-7-19-9-12)8-15-13(17)16-10-14(18-2)5-3-6-14/h4,7,9,11H,3,5-6,8,10H2,1-2H3,(H2,15,16,17)/t11-/m0/s1. The molecule has 1 aromatic heterocycles. The van der Waals surface area contributed by atoms with Crippen LogP contribution in [-0.2, 0) is 4.74 Å². The Morgan fingerprint density at radius 2 is 2.32 bits per heavy atom. The lowest BCUT2D eigenvalue weighted by atomic mass is 9.80. The zero-order valence-electron chi connectivity index (χ0n) is 11.6. The van der Waals surface area contributed by atoms with Gasteiger partial charge in [-0.2, -0.15) is 11.3 Å². The number of methoxy groups -OCH3 is 1. The molecule has 0 radical (unpaired) electrons. The average Bonchev–Trinajstić information content (AvgIpc) is 2.89. The molecule has 2 rings (SSSR count). The summed E-state index contributed by atoms with van der Waals surface area (Å²) < 4.78 is 5.47. The lowest BCUT2D eigenvalue weighted by molar-refractivity contribution is -0.0673. The van der Waals surface area contributed by atoms with Crippen molar-refractivity contribution in [2.24, 2.45) is 0 Å². The maximum Gasteiger partial charge on any atom is 0.314 e. The number of hydrogen-bond donors (Lipinski definition) is 2. The van der Waals surface area contributed by atoms with Gasteiger partial charge in [0.25, 0.3) is 0 Å². The molecule has 1 heterocycles. The lowest BCUT2D eigenvalue weighted by Crippen LogP contribution is -2.51. The largest absolute Gasteiger partial charge is 0.376 e.